The van der Waals surface area contributed by atoms with Crippen LogP contribution >= 0.6 is 0 Å². The molecule has 0 amide bonds. The minimum Gasteiger partial charge on any atom is -0.464 e. The molecule has 144 valence electrons. The number of hydrogen-bond donors (Lipinski definition) is 0. The highest BCUT2D eigenvalue weighted by atomic mass is 16.3. The van der Waals surface area contributed by atoms with Crippen LogP contribution in [0.5, 0.6) is 0 Å². The van der Waals surface area contributed by atoms with Crippen LogP contribution in [0.4, 0.5) is 0 Å². The summed E-state index contributed by atoms with van der Waals surface area (Å²) in [6.45, 7) is 4.25. The third kappa shape index (κ3) is 2.48. The molecule has 5 aromatic rings. The van der Waals surface area contributed by atoms with Gasteiger partial charge in [0.15, 0.2) is 0 Å². The van der Waals surface area contributed by atoms with Crippen LogP contribution in [-0.2, 0) is 0 Å². The van der Waals surface area contributed by atoms with Gasteiger partial charge in [-0.2, -0.15) is 0 Å². The molecule has 0 bridgehead atoms. The summed E-state index contributed by atoms with van der Waals surface area (Å²) in [7, 11) is 0. The van der Waals surface area contributed by atoms with Crippen LogP contribution in [0, 0.1) is 13.8 Å². The van der Waals surface area contributed by atoms with Crippen molar-refractivity contribution >= 4 is 27.6 Å². The van der Waals surface area contributed by atoms with Crippen molar-refractivity contribution < 1.29 is 4.42 Å². The monoisotopic (exact) mass is 386 g/mol. The van der Waals surface area contributed by atoms with Crippen LogP contribution in [0.15, 0.2) is 89.6 Å². The summed E-state index contributed by atoms with van der Waals surface area (Å²) in [5.41, 5.74) is 7.58. The molecule has 1 aliphatic rings. The highest BCUT2D eigenvalue weighted by Crippen LogP contribution is 2.43. The van der Waals surface area contributed by atoms with E-state index in [0.717, 1.165) is 11.3 Å². The maximum atomic E-state index is 5.99. The molecule has 1 nitrogen and oxygen atoms in total. The molecule has 0 saturated heterocycles. The fourth-order valence-corrected chi connectivity index (χ4v) is 4.86. The van der Waals surface area contributed by atoms with E-state index >= 15 is 0 Å². The topological polar surface area (TPSA) is 13.1 Å². The molecule has 0 saturated carbocycles. The van der Waals surface area contributed by atoms with Crippen molar-refractivity contribution in [2.45, 2.75) is 19.8 Å². The molecular formula is C29H22O. The van der Waals surface area contributed by atoms with E-state index in [0.29, 0.717) is 0 Å². The molecule has 0 fully saturated rings. The molecule has 1 aliphatic carbocycles. The van der Waals surface area contributed by atoms with E-state index in [4.69, 9.17) is 4.42 Å². The maximum absolute atomic E-state index is 5.99. The van der Waals surface area contributed by atoms with E-state index in [2.05, 4.69) is 98.8 Å². The zero-order valence-electron chi connectivity index (χ0n) is 17.1. The molecule has 1 aromatic heterocycles. The fraction of sp³-hybridized carbons (Fsp3) is 0.103. The largest absolute Gasteiger partial charge is 0.464 e. The van der Waals surface area contributed by atoms with Gasteiger partial charge in [-0.3, -0.25) is 0 Å². The molecule has 0 spiro atoms. The van der Waals surface area contributed by atoms with E-state index in [1.165, 1.54) is 49.4 Å². The van der Waals surface area contributed by atoms with Gasteiger partial charge >= 0.3 is 0 Å². The van der Waals surface area contributed by atoms with Crippen molar-refractivity contribution in [3.05, 3.63) is 113 Å². The number of benzene rings is 4. The number of hydrogen-bond acceptors (Lipinski definition) is 1. The second-order valence-electron chi connectivity index (χ2n) is 8.29. The third-order valence-electron chi connectivity index (χ3n) is 6.55. The predicted molar refractivity (Wildman–Crippen MR) is 126 cm³/mol. The Hall–Kier alpha value is -3.58. The average Bonchev–Trinajstić information content (AvgIpc) is 3.36. The Morgan fingerprint density at radius 3 is 2.43 bits per heavy atom. The molecule has 0 aliphatic heterocycles. The highest BCUT2D eigenvalue weighted by molar-refractivity contribution is 6.10. The van der Waals surface area contributed by atoms with Crippen LogP contribution in [0.1, 0.15) is 33.7 Å². The molecule has 1 unspecified atom stereocenters. The van der Waals surface area contributed by atoms with Crippen LogP contribution in [-0.4, -0.2) is 0 Å². The van der Waals surface area contributed by atoms with E-state index in [1.54, 1.807) is 0 Å². The van der Waals surface area contributed by atoms with Gasteiger partial charge in [-0.15, -0.1) is 0 Å². The van der Waals surface area contributed by atoms with Crippen molar-refractivity contribution in [1.29, 1.82) is 0 Å². The van der Waals surface area contributed by atoms with Gasteiger partial charge in [0.1, 0.15) is 5.76 Å². The van der Waals surface area contributed by atoms with Crippen molar-refractivity contribution in [2.24, 2.45) is 0 Å². The number of rotatable bonds is 2. The van der Waals surface area contributed by atoms with Gasteiger partial charge in [-0.25, -0.2) is 0 Å². The first kappa shape index (κ1) is 17.3. The molecule has 4 aromatic carbocycles. The first-order chi connectivity index (χ1) is 14.7. The number of furan rings is 1. The van der Waals surface area contributed by atoms with Crippen molar-refractivity contribution in [2.75, 3.05) is 0 Å². The molecule has 1 heteroatoms. The van der Waals surface area contributed by atoms with Crippen molar-refractivity contribution in [3.63, 3.8) is 0 Å². The normalized spacial score (nSPS) is 15.2. The van der Waals surface area contributed by atoms with Gasteiger partial charge in [0.2, 0.25) is 0 Å². The zero-order valence-corrected chi connectivity index (χ0v) is 17.1. The van der Waals surface area contributed by atoms with E-state index in [9.17, 15) is 0 Å². The first-order valence-corrected chi connectivity index (χ1v) is 10.5. The van der Waals surface area contributed by atoms with Gasteiger partial charge in [-0.1, -0.05) is 72.8 Å². The summed E-state index contributed by atoms with van der Waals surface area (Å²) in [5, 5.41) is 5.18. The Morgan fingerprint density at radius 1 is 0.767 bits per heavy atom. The Balaban J connectivity index is 1.71. The van der Waals surface area contributed by atoms with Gasteiger partial charge in [-0.05, 0) is 75.3 Å². The minimum atomic E-state index is 0.242. The smallest absolute Gasteiger partial charge is 0.137 e. The van der Waals surface area contributed by atoms with E-state index in [1.807, 2.05) is 6.26 Å². The summed E-state index contributed by atoms with van der Waals surface area (Å²) < 4.78 is 5.99. The standard InChI is InChI=1S/C29H22O/c1-18-17-30-29(19(18)2)23-15-22-12-11-21-8-4-6-10-25(21)28(22)27(16-23)26-14-13-20-7-3-5-9-24(20)26/h3-17,26H,1-2H3. The Kier molecular flexibility index (Phi) is 3.73. The Bertz CT molecular complexity index is 1470. The lowest BCUT2D eigenvalue weighted by Crippen LogP contribution is -1.99. The molecule has 30 heavy (non-hydrogen) atoms. The van der Waals surface area contributed by atoms with Crippen LogP contribution < -0.4 is 0 Å². The van der Waals surface area contributed by atoms with Gasteiger partial charge in [0.05, 0.1) is 6.26 Å². The number of allylic oxidation sites excluding steroid dienone is 1. The average molecular weight is 386 g/mol. The molecule has 0 N–H and O–H groups in total. The van der Waals surface area contributed by atoms with Crippen molar-refractivity contribution in [1.82, 2.24) is 0 Å². The van der Waals surface area contributed by atoms with Gasteiger partial charge < -0.3 is 4.42 Å². The molecule has 0 radical (unpaired) electrons. The maximum Gasteiger partial charge on any atom is 0.137 e. The second kappa shape index (κ2) is 6.47. The summed E-state index contributed by atoms with van der Waals surface area (Å²) in [5.74, 6) is 1.21. The lowest BCUT2D eigenvalue weighted by molar-refractivity contribution is 0.579. The summed E-state index contributed by atoms with van der Waals surface area (Å²) in [4.78, 5) is 0. The van der Waals surface area contributed by atoms with Crippen LogP contribution in [0.25, 0.3) is 38.9 Å². The predicted octanol–water partition coefficient (Wildman–Crippen LogP) is 8.03. The Morgan fingerprint density at radius 2 is 1.57 bits per heavy atom. The van der Waals surface area contributed by atoms with Crippen molar-refractivity contribution in [3.8, 4) is 11.3 Å². The molecule has 6 rings (SSSR count). The molecule has 1 heterocycles. The molecule has 1 atom stereocenters. The Labute approximate surface area is 176 Å². The SMILES string of the molecule is Cc1coc(-c2cc(C3C=Cc4ccccc43)c3c(ccc4ccccc43)c2)c1C. The zero-order chi connectivity index (χ0) is 20.2. The first-order valence-electron chi connectivity index (χ1n) is 10.5. The van der Waals surface area contributed by atoms with E-state index < -0.39 is 0 Å². The lowest BCUT2D eigenvalue weighted by Gasteiger charge is -2.18. The highest BCUT2D eigenvalue weighted by Gasteiger charge is 2.23. The van der Waals surface area contributed by atoms with Gasteiger partial charge in [0, 0.05) is 11.5 Å². The van der Waals surface area contributed by atoms with Crippen LogP contribution in [0.2, 0.25) is 0 Å². The van der Waals surface area contributed by atoms with E-state index in [-0.39, 0.29) is 5.92 Å². The summed E-state index contributed by atoms with van der Waals surface area (Å²) >= 11 is 0. The number of aryl methyl sites for hydroxylation is 1. The minimum absolute atomic E-state index is 0.242. The quantitative estimate of drug-likeness (QED) is 0.280. The third-order valence-corrected chi connectivity index (χ3v) is 6.55. The summed E-state index contributed by atoms with van der Waals surface area (Å²) in [6.07, 6.45) is 6.46. The summed E-state index contributed by atoms with van der Waals surface area (Å²) in [6, 6.07) is 26.5. The fourth-order valence-electron chi connectivity index (χ4n) is 4.86. The van der Waals surface area contributed by atoms with Gasteiger partial charge in [0.25, 0.3) is 0 Å². The lowest BCUT2D eigenvalue weighted by atomic mass is 9.85. The van der Waals surface area contributed by atoms with Crippen LogP contribution in [0.3, 0.4) is 0 Å². The number of fused-ring (bicyclic) bond motifs is 4. The molecular weight excluding hydrogens is 364 g/mol. The second-order valence-corrected chi connectivity index (χ2v) is 8.29.